The number of nitrogens with one attached hydrogen (secondary N) is 1. The molecule has 0 radical (unpaired) electrons. The van der Waals surface area contributed by atoms with Crippen LogP contribution in [0.5, 0.6) is 0 Å². The van der Waals surface area contributed by atoms with Gasteiger partial charge in [0.1, 0.15) is 0 Å². The second-order valence-corrected chi connectivity index (χ2v) is 5.42. The Bertz CT molecular complexity index is 280. The van der Waals surface area contributed by atoms with E-state index in [4.69, 9.17) is 0 Å². The minimum absolute atomic E-state index is 0.613. The van der Waals surface area contributed by atoms with Crippen molar-refractivity contribution in [2.45, 2.75) is 46.1 Å². The molecule has 1 aromatic rings. The minimum Gasteiger partial charge on any atom is -0.317 e. The molecule has 0 spiro atoms. The van der Waals surface area contributed by atoms with Crippen molar-refractivity contribution < 1.29 is 0 Å². The van der Waals surface area contributed by atoms with Gasteiger partial charge in [-0.25, -0.2) is 0 Å². The molecule has 0 aliphatic carbocycles. The third-order valence-corrected chi connectivity index (χ3v) is 4.47. The highest BCUT2D eigenvalue weighted by atomic mass is 32.1. The van der Waals surface area contributed by atoms with E-state index in [1.165, 1.54) is 24.1 Å². The average molecular weight is 225 g/mol. The maximum Gasteiger partial charge on any atom is 0.00673 e. The van der Waals surface area contributed by atoms with Crippen LogP contribution in [0.1, 0.15) is 36.9 Å². The molecule has 1 rings (SSSR count). The Morgan fingerprint density at radius 3 is 2.40 bits per heavy atom. The van der Waals surface area contributed by atoms with Gasteiger partial charge in [-0.3, -0.25) is 0 Å². The van der Waals surface area contributed by atoms with Gasteiger partial charge >= 0.3 is 0 Å². The van der Waals surface area contributed by atoms with Crippen LogP contribution >= 0.6 is 11.3 Å². The molecule has 0 amide bonds. The van der Waals surface area contributed by atoms with Gasteiger partial charge < -0.3 is 5.32 Å². The lowest BCUT2D eigenvalue weighted by Crippen LogP contribution is -2.31. The maximum absolute atomic E-state index is 3.36. The van der Waals surface area contributed by atoms with Gasteiger partial charge in [0.2, 0.25) is 0 Å². The van der Waals surface area contributed by atoms with Crippen molar-refractivity contribution in [2.24, 2.45) is 5.92 Å². The molecule has 1 N–H and O–H groups in total. The summed E-state index contributed by atoms with van der Waals surface area (Å²) in [7, 11) is 2.05. The monoisotopic (exact) mass is 225 g/mol. The van der Waals surface area contributed by atoms with Crippen LogP contribution in [-0.4, -0.2) is 13.1 Å². The zero-order chi connectivity index (χ0) is 11.3. The highest BCUT2D eigenvalue weighted by Crippen LogP contribution is 2.23. The van der Waals surface area contributed by atoms with Crippen molar-refractivity contribution in [1.29, 1.82) is 0 Å². The molecule has 0 bridgehead atoms. The lowest BCUT2D eigenvalue weighted by atomic mass is 9.94. The molecule has 15 heavy (non-hydrogen) atoms. The molecule has 0 saturated heterocycles. The fraction of sp³-hybridized carbons (Fsp3) is 0.692. The summed E-state index contributed by atoms with van der Waals surface area (Å²) in [5, 5.41) is 3.36. The highest BCUT2D eigenvalue weighted by Gasteiger charge is 2.14. The average Bonchev–Trinajstić information content (AvgIpc) is 2.72. The summed E-state index contributed by atoms with van der Waals surface area (Å²) in [6, 6.07) is 5.19. The van der Waals surface area contributed by atoms with Crippen LogP contribution < -0.4 is 5.32 Å². The maximum atomic E-state index is 3.36. The fourth-order valence-corrected chi connectivity index (χ4v) is 2.94. The molecular formula is C13H23NS. The number of aryl methyl sites for hydroxylation is 1. The summed E-state index contributed by atoms with van der Waals surface area (Å²) in [4.78, 5) is 3.05. The van der Waals surface area contributed by atoms with E-state index in [-0.39, 0.29) is 0 Å². The van der Waals surface area contributed by atoms with Gasteiger partial charge in [0.25, 0.3) is 0 Å². The summed E-state index contributed by atoms with van der Waals surface area (Å²) < 4.78 is 0. The van der Waals surface area contributed by atoms with E-state index in [1.54, 1.807) is 4.88 Å². The largest absolute Gasteiger partial charge is 0.317 e. The van der Waals surface area contributed by atoms with Crippen molar-refractivity contribution >= 4 is 11.3 Å². The number of rotatable bonds is 6. The van der Waals surface area contributed by atoms with Crippen molar-refractivity contribution in [3.8, 4) is 0 Å². The van der Waals surface area contributed by atoms with E-state index in [0.29, 0.717) is 6.04 Å². The molecule has 0 aliphatic rings. The van der Waals surface area contributed by atoms with Crippen LogP contribution in [0.3, 0.4) is 0 Å². The molecule has 1 nitrogen and oxygen atoms in total. The molecule has 2 unspecified atom stereocenters. The summed E-state index contributed by atoms with van der Waals surface area (Å²) >= 11 is 1.98. The van der Waals surface area contributed by atoms with Crippen molar-refractivity contribution in [1.82, 2.24) is 5.32 Å². The molecule has 86 valence electrons. The molecule has 1 heterocycles. The number of hydrogen-bond acceptors (Lipinski definition) is 2. The summed E-state index contributed by atoms with van der Waals surface area (Å²) in [6.07, 6.45) is 3.65. The van der Waals surface area contributed by atoms with Crippen LogP contribution in [0, 0.1) is 5.92 Å². The van der Waals surface area contributed by atoms with Crippen LogP contribution in [0.15, 0.2) is 12.1 Å². The first kappa shape index (κ1) is 12.7. The Kier molecular flexibility index (Phi) is 5.34. The third-order valence-electron chi connectivity index (χ3n) is 3.22. The Balaban J connectivity index is 2.58. The second kappa shape index (κ2) is 6.29. The van der Waals surface area contributed by atoms with Gasteiger partial charge in [0, 0.05) is 15.8 Å². The van der Waals surface area contributed by atoms with Crippen molar-refractivity contribution in [3.63, 3.8) is 0 Å². The smallest absolute Gasteiger partial charge is 0.00673 e. The third kappa shape index (κ3) is 3.62. The molecular weight excluding hydrogens is 202 g/mol. The first-order chi connectivity index (χ1) is 7.21. The fourth-order valence-electron chi connectivity index (χ4n) is 1.89. The molecule has 1 aromatic heterocycles. The normalized spacial score (nSPS) is 15.2. The second-order valence-electron chi connectivity index (χ2n) is 4.17. The Morgan fingerprint density at radius 1 is 1.27 bits per heavy atom. The molecule has 0 aliphatic heterocycles. The van der Waals surface area contributed by atoms with Gasteiger partial charge in [0.15, 0.2) is 0 Å². The molecule has 2 atom stereocenters. The van der Waals surface area contributed by atoms with E-state index in [0.717, 1.165) is 5.92 Å². The van der Waals surface area contributed by atoms with Gasteiger partial charge in [-0.15, -0.1) is 11.3 Å². The van der Waals surface area contributed by atoms with Crippen molar-refractivity contribution in [2.75, 3.05) is 7.05 Å². The number of hydrogen-bond donors (Lipinski definition) is 1. The summed E-state index contributed by atoms with van der Waals surface area (Å²) in [6.45, 7) is 6.79. The van der Waals surface area contributed by atoms with Crippen LogP contribution in [-0.2, 0) is 12.8 Å². The molecule has 0 saturated carbocycles. The lowest BCUT2D eigenvalue weighted by Gasteiger charge is -2.21. The standard InChI is InChI=1S/C13H23NS/c1-5-11(10(3)14-4)9-13-8-7-12(6-2)15-13/h7-8,10-11,14H,5-6,9H2,1-4H3. The predicted molar refractivity (Wildman–Crippen MR) is 69.7 cm³/mol. The van der Waals surface area contributed by atoms with Crippen LogP contribution in [0.25, 0.3) is 0 Å². The van der Waals surface area contributed by atoms with E-state index in [9.17, 15) is 0 Å². The first-order valence-corrected chi connectivity index (χ1v) is 6.77. The molecule has 2 heteroatoms. The Morgan fingerprint density at radius 2 is 1.93 bits per heavy atom. The van der Waals surface area contributed by atoms with Gasteiger partial charge in [-0.2, -0.15) is 0 Å². The first-order valence-electron chi connectivity index (χ1n) is 5.96. The highest BCUT2D eigenvalue weighted by molar-refractivity contribution is 7.11. The van der Waals surface area contributed by atoms with Crippen LogP contribution in [0.2, 0.25) is 0 Å². The minimum atomic E-state index is 0.613. The zero-order valence-electron chi connectivity index (χ0n) is 10.3. The van der Waals surface area contributed by atoms with E-state index in [2.05, 4.69) is 45.3 Å². The topological polar surface area (TPSA) is 12.0 Å². The summed E-state index contributed by atoms with van der Waals surface area (Å²) in [5.41, 5.74) is 0. The Labute approximate surface area is 97.9 Å². The SMILES string of the molecule is CCc1ccc(CC(CC)C(C)NC)s1. The van der Waals surface area contributed by atoms with Gasteiger partial charge in [0.05, 0.1) is 0 Å². The lowest BCUT2D eigenvalue weighted by molar-refractivity contribution is 0.383. The van der Waals surface area contributed by atoms with E-state index >= 15 is 0 Å². The molecule has 0 fully saturated rings. The van der Waals surface area contributed by atoms with E-state index < -0.39 is 0 Å². The van der Waals surface area contributed by atoms with Gasteiger partial charge in [-0.05, 0) is 44.9 Å². The predicted octanol–water partition coefficient (Wildman–Crippen LogP) is 3.49. The van der Waals surface area contributed by atoms with E-state index in [1.807, 2.05) is 11.3 Å². The Hall–Kier alpha value is -0.340. The quantitative estimate of drug-likeness (QED) is 0.781. The zero-order valence-corrected chi connectivity index (χ0v) is 11.2. The number of thiophene rings is 1. The summed E-state index contributed by atoms with van der Waals surface area (Å²) in [5.74, 6) is 0.762. The van der Waals surface area contributed by atoms with Crippen molar-refractivity contribution in [3.05, 3.63) is 21.9 Å². The molecule has 0 aromatic carbocycles. The van der Waals surface area contributed by atoms with Crippen LogP contribution in [0.4, 0.5) is 0 Å². The van der Waals surface area contributed by atoms with Gasteiger partial charge in [-0.1, -0.05) is 20.3 Å².